The van der Waals surface area contributed by atoms with Gasteiger partial charge in [-0.05, 0) is 25.0 Å². The molecule has 0 aliphatic heterocycles. The molecule has 1 aromatic carbocycles. The molecule has 0 aliphatic carbocycles. The molecular formula is C19H27F2N5O2. The van der Waals surface area contributed by atoms with Crippen molar-refractivity contribution >= 4 is 5.96 Å². The van der Waals surface area contributed by atoms with Gasteiger partial charge < -0.3 is 24.7 Å². The lowest BCUT2D eigenvalue weighted by molar-refractivity contribution is -0.0505. The van der Waals surface area contributed by atoms with Crippen molar-refractivity contribution in [1.82, 2.24) is 20.2 Å². The van der Waals surface area contributed by atoms with Crippen molar-refractivity contribution in [3.05, 3.63) is 42.5 Å². The fourth-order valence-corrected chi connectivity index (χ4v) is 2.48. The third kappa shape index (κ3) is 7.42. The number of nitrogens with zero attached hydrogens (tertiary/aromatic N) is 3. The number of aromatic nitrogens is 2. The van der Waals surface area contributed by atoms with Gasteiger partial charge in [-0.2, -0.15) is 8.78 Å². The average Bonchev–Trinajstić information content (AvgIpc) is 3.20. The Balaban J connectivity index is 1.87. The van der Waals surface area contributed by atoms with Crippen LogP contribution in [0.15, 0.2) is 41.9 Å². The molecule has 0 radical (unpaired) electrons. The van der Waals surface area contributed by atoms with Gasteiger partial charge in [0, 0.05) is 50.7 Å². The molecule has 0 saturated heterocycles. The maximum absolute atomic E-state index is 12.7. The summed E-state index contributed by atoms with van der Waals surface area (Å²) in [4.78, 5) is 8.15. The smallest absolute Gasteiger partial charge is 0.387 e. The second-order valence-electron chi connectivity index (χ2n) is 6.00. The molecule has 28 heavy (non-hydrogen) atoms. The molecule has 2 rings (SSSR count). The first-order valence-corrected chi connectivity index (χ1v) is 9.23. The molecule has 9 heteroatoms. The van der Waals surface area contributed by atoms with Crippen molar-refractivity contribution in [3.63, 3.8) is 0 Å². The molecule has 1 heterocycles. The molecule has 0 unspecified atom stereocenters. The molecule has 0 bridgehead atoms. The largest absolute Gasteiger partial charge is 0.493 e. The Morgan fingerprint density at radius 2 is 2.18 bits per heavy atom. The first kappa shape index (κ1) is 21.5. The van der Waals surface area contributed by atoms with Gasteiger partial charge in [-0.15, -0.1) is 0 Å². The number of nitrogens with one attached hydrogen (secondary N) is 2. The van der Waals surface area contributed by atoms with E-state index in [0.29, 0.717) is 30.4 Å². The second kappa shape index (κ2) is 11.8. The van der Waals surface area contributed by atoms with Crippen LogP contribution in [0.25, 0.3) is 0 Å². The van der Waals surface area contributed by atoms with Crippen molar-refractivity contribution in [3.8, 4) is 11.5 Å². The Labute approximate surface area is 163 Å². The molecule has 0 spiro atoms. The number of halogens is 2. The molecule has 0 fully saturated rings. The van der Waals surface area contributed by atoms with Gasteiger partial charge in [-0.3, -0.25) is 4.99 Å². The van der Waals surface area contributed by atoms with Gasteiger partial charge in [0.1, 0.15) is 11.5 Å². The minimum absolute atomic E-state index is 0.0895. The van der Waals surface area contributed by atoms with Crippen LogP contribution in [0.2, 0.25) is 0 Å². The lowest BCUT2D eigenvalue weighted by atomic mass is 10.2. The Kier molecular flexibility index (Phi) is 9.03. The van der Waals surface area contributed by atoms with Crippen molar-refractivity contribution in [1.29, 1.82) is 0 Å². The predicted molar refractivity (Wildman–Crippen MR) is 104 cm³/mol. The van der Waals surface area contributed by atoms with E-state index in [1.165, 1.54) is 6.07 Å². The maximum Gasteiger partial charge on any atom is 0.387 e. The van der Waals surface area contributed by atoms with E-state index in [1.807, 2.05) is 17.7 Å². The van der Waals surface area contributed by atoms with Crippen LogP contribution < -0.4 is 20.1 Å². The topological polar surface area (TPSA) is 72.7 Å². The normalized spacial score (nSPS) is 11.5. The summed E-state index contributed by atoms with van der Waals surface area (Å²) in [7, 11) is 1.66. The van der Waals surface area contributed by atoms with Gasteiger partial charge in [-0.25, -0.2) is 4.98 Å². The van der Waals surface area contributed by atoms with Gasteiger partial charge in [0.15, 0.2) is 5.96 Å². The van der Waals surface area contributed by atoms with Crippen LogP contribution in [-0.2, 0) is 13.1 Å². The number of guanidine groups is 1. The van der Waals surface area contributed by atoms with Gasteiger partial charge in [0.25, 0.3) is 0 Å². The maximum atomic E-state index is 12.7. The SMILES string of the molecule is CCCOc1ccc(CNC(=NC)NCCCn2ccnc2)c(OC(F)F)c1. The number of aryl methyl sites for hydroxylation is 1. The molecular weight excluding hydrogens is 368 g/mol. The monoisotopic (exact) mass is 395 g/mol. The van der Waals surface area contributed by atoms with Gasteiger partial charge in [0.2, 0.25) is 0 Å². The summed E-state index contributed by atoms with van der Waals surface area (Å²) in [6.45, 7) is 1.43. The molecule has 7 nitrogen and oxygen atoms in total. The third-order valence-corrected chi connectivity index (χ3v) is 3.84. The van der Waals surface area contributed by atoms with E-state index in [4.69, 9.17) is 4.74 Å². The molecule has 1 aromatic heterocycles. The zero-order chi connectivity index (χ0) is 20.2. The second-order valence-corrected chi connectivity index (χ2v) is 6.00. The minimum atomic E-state index is -2.90. The number of ether oxygens (including phenoxy) is 2. The molecule has 2 N–H and O–H groups in total. The number of benzene rings is 1. The summed E-state index contributed by atoms with van der Waals surface area (Å²) in [5.74, 6) is 1.18. The van der Waals surface area contributed by atoms with Crippen LogP contribution in [0.5, 0.6) is 11.5 Å². The quantitative estimate of drug-likeness (QED) is 0.348. The van der Waals surface area contributed by atoms with Crippen LogP contribution in [0.1, 0.15) is 25.3 Å². The van der Waals surface area contributed by atoms with E-state index in [1.54, 1.807) is 31.7 Å². The van der Waals surface area contributed by atoms with Crippen LogP contribution in [-0.4, -0.2) is 42.3 Å². The number of imidazole rings is 1. The molecule has 0 amide bonds. The van der Waals surface area contributed by atoms with Crippen LogP contribution in [0.3, 0.4) is 0 Å². The standard InChI is InChI=1S/C19H27F2N5O2/c1-3-11-27-16-6-5-15(17(12-16)28-18(20)21)13-25-19(22-2)24-7-4-9-26-10-8-23-14-26/h5-6,8,10,12,14,18H,3-4,7,9,11,13H2,1-2H3,(H2,22,24,25). The van der Waals surface area contributed by atoms with Gasteiger partial charge in [-0.1, -0.05) is 6.92 Å². The van der Waals surface area contributed by atoms with Crippen molar-refractivity contribution in [2.75, 3.05) is 20.2 Å². The van der Waals surface area contributed by atoms with Gasteiger partial charge >= 0.3 is 6.61 Å². The Morgan fingerprint density at radius 1 is 1.32 bits per heavy atom. The van der Waals surface area contributed by atoms with Crippen molar-refractivity contribution in [2.24, 2.45) is 4.99 Å². The highest BCUT2D eigenvalue weighted by atomic mass is 19.3. The van der Waals surface area contributed by atoms with E-state index in [-0.39, 0.29) is 12.3 Å². The van der Waals surface area contributed by atoms with Gasteiger partial charge in [0.05, 0.1) is 12.9 Å². The summed E-state index contributed by atoms with van der Waals surface area (Å²) >= 11 is 0. The molecule has 2 aromatic rings. The summed E-state index contributed by atoms with van der Waals surface area (Å²) in [6, 6.07) is 4.94. The zero-order valence-corrected chi connectivity index (χ0v) is 16.2. The van der Waals surface area contributed by atoms with Crippen LogP contribution in [0.4, 0.5) is 8.78 Å². The lowest BCUT2D eigenvalue weighted by Gasteiger charge is -2.16. The van der Waals surface area contributed by atoms with Crippen molar-refractivity contribution in [2.45, 2.75) is 39.5 Å². The third-order valence-electron chi connectivity index (χ3n) is 3.84. The first-order chi connectivity index (χ1) is 13.6. The highest BCUT2D eigenvalue weighted by molar-refractivity contribution is 5.79. The Morgan fingerprint density at radius 3 is 2.86 bits per heavy atom. The number of aliphatic imine (C=N–C) groups is 1. The minimum Gasteiger partial charge on any atom is -0.493 e. The Hall–Kier alpha value is -2.84. The summed E-state index contributed by atoms with van der Waals surface area (Å²) in [5, 5.41) is 6.30. The van der Waals surface area contributed by atoms with Crippen LogP contribution in [0, 0.1) is 0 Å². The number of hydrogen-bond acceptors (Lipinski definition) is 4. The Bertz CT molecular complexity index is 723. The molecule has 154 valence electrons. The van der Waals surface area contributed by atoms with E-state index >= 15 is 0 Å². The van der Waals surface area contributed by atoms with Crippen molar-refractivity contribution < 1.29 is 18.3 Å². The van der Waals surface area contributed by atoms with E-state index < -0.39 is 6.61 Å². The fraction of sp³-hybridized carbons (Fsp3) is 0.474. The summed E-state index contributed by atoms with van der Waals surface area (Å²) < 4.78 is 37.6. The first-order valence-electron chi connectivity index (χ1n) is 9.23. The average molecular weight is 395 g/mol. The number of alkyl halides is 2. The fourth-order valence-electron chi connectivity index (χ4n) is 2.48. The molecule has 0 atom stereocenters. The predicted octanol–water partition coefficient (Wildman–Crippen LogP) is 3.03. The number of rotatable bonds is 11. The van der Waals surface area contributed by atoms with E-state index in [0.717, 1.165) is 19.4 Å². The highest BCUT2D eigenvalue weighted by Gasteiger charge is 2.12. The summed E-state index contributed by atoms with van der Waals surface area (Å²) in [6.07, 6.45) is 7.14. The lowest BCUT2D eigenvalue weighted by Crippen LogP contribution is -2.37. The zero-order valence-electron chi connectivity index (χ0n) is 16.2. The molecule has 0 saturated carbocycles. The van der Waals surface area contributed by atoms with E-state index in [9.17, 15) is 8.78 Å². The van der Waals surface area contributed by atoms with E-state index in [2.05, 4.69) is 25.3 Å². The molecule has 0 aliphatic rings. The number of hydrogen-bond donors (Lipinski definition) is 2. The van der Waals surface area contributed by atoms with Crippen LogP contribution >= 0.6 is 0 Å². The highest BCUT2D eigenvalue weighted by Crippen LogP contribution is 2.26. The summed E-state index contributed by atoms with van der Waals surface area (Å²) in [5.41, 5.74) is 0.588.